The van der Waals surface area contributed by atoms with Crippen LogP contribution in [0.15, 0.2) is 0 Å². The monoisotopic (exact) mass is 342 g/mol. The lowest BCUT2D eigenvalue weighted by molar-refractivity contribution is 0.361. The third-order valence-electron chi connectivity index (χ3n) is 0. The van der Waals surface area contributed by atoms with E-state index in [0.29, 0.717) is 0 Å². The normalized spacial score (nSPS) is 11.8. The van der Waals surface area contributed by atoms with Crippen LogP contribution in [-0.2, 0) is 35.4 Å². The molecule has 0 aliphatic carbocycles. The Hall–Kier alpha value is 1.59. The first-order valence-electron chi connectivity index (χ1n) is 2.35. The van der Waals surface area contributed by atoms with Gasteiger partial charge in [-0.3, -0.25) is 0 Å². The Kier molecular flexibility index (Phi) is 12.6. The summed E-state index contributed by atoms with van der Waals surface area (Å²) in [6, 6.07) is 0. The lowest BCUT2D eigenvalue weighted by Gasteiger charge is -1.88. The van der Waals surface area contributed by atoms with Gasteiger partial charge in [-0.1, -0.05) is 0 Å². The second-order valence-electron chi connectivity index (χ2n) is 1.54. The van der Waals surface area contributed by atoms with E-state index < -0.39 is 20.2 Å². The van der Waals surface area contributed by atoms with E-state index in [9.17, 15) is 0 Å². The van der Waals surface area contributed by atoms with E-state index in [1.165, 1.54) is 0 Å². The Morgan fingerprint density at radius 1 is 0.400 bits per heavy atom. The Labute approximate surface area is 99.7 Å². The highest BCUT2D eigenvalue weighted by molar-refractivity contribution is 8.06. The molecule has 15 heavy (non-hydrogen) atoms. The van der Waals surface area contributed by atoms with Crippen LogP contribution in [0, 0.1) is 0 Å². The first kappa shape index (κ1) is 21.8. The Balaban J connectivity index is -0.000000144. The summed E-state index contributed by atoms with van der Waals surface area (Å²) in [5.41, 5.74) is 0. The summed E-state index contributed by atoms with van der Waals surface area (Å²) in [6.07, 6.45) is 0. The molecule has 0 aromatic rings. The van der Waals surface area contributed by atoms with Gasteiger partial charge < -0.3 is 44.0 Å². The molecule has 0 aliphatic heterocycles. The first-order chi connectivity index (χ1) is 6.00. The van der Waals surface area contributed by atoms with Crippen LogP contribution in [0.1, 0.15) is 0 Å². The summed E-state index contributed by atoms with van der Waals surface area (Å²) in [7, 11) is 0. The maximum Gasteiger partial charge on any atom is 0.319 e. The molecule has 0 amide bonds. The smallest absolute Gasteiger partial charge is 0.319 e. The second kappa shape index (κ2) is 8.65. The Morgan fingerprint density at radius 3 is 0.400 bits per heavy atom. The van der Waals surface area contributed by atoms with Crippen LogP contribution in [0.5, 0.6) is 0 Å². The zero-order chi connectivity index (χ0) is 13.5. The molecule has 15 heteroatoms. The third kappa shape index (κ3) is 1140. The van der Waals surface area contributed by atoms with Gasteiger partial charge in [-0.25, -0.2) is 0 Å². The molecule has 0 aromatic carbocycles. The van der Waals surface area contributed by atoms with Gasteiger partial charge in [0, 0.05) is 0 Å². The lowest BCUT2D eigenvalue weighted by atomic mass is 15.8. The van der Waals surface area contributed by atoms with E-state index >= 15 is 0 Å². The van der Waals surface area contributed by atoms with Crippen molar-refractivity contribution in [2.45, 2.75) is 0 Å². The highest BCUT2D eigenvalue weighted by Crippen LogP contribution is 2.27. The summed E-state index contributed by atoms with van der Waals surface area (Å²) >= 11 is 10.8. The van der Waals surface area contributed by atoms with Gasteiger partial charge in [0.2, 0.25) is 0 Å². The van der Waals surface area contributed by atoms with Crippen molar-refractivity contribution in [2.75, 3.05) is 0 Å². The lowest BCUT2D eigenvalue weighted by Crippen LogP contribution is -1.65. The van der Waals surface area contributed by atoms with Gasteiger partial charge in [-0.2, -0.15) is 0 Å². The van der Waals surface area contributed by atoms with Crippen molar-refractivity contribution in [1.29, 1.82) is 0 Å². The summed E-state index contributed by atoms with van der Waals surface area (Å²) in [6.45, 7) is -11.4. The van der Waals surface area contributed by atoms with Gasteiger partial charge in [-0.15, -0.1) is 0 Å². The van der Waals surface area contributed by atoms with E-state index in [2.05, 4.69) is 35.4 Å². The topological polar surface area (TPSA) is 182 Å². The molecule has 0 aliphatic rings. The third-order valence-corrected chi connectivity index (χ3v) is 0. The molecule has 0 bridgehead atoms. The fourth-order valence-corrected chi connectivity index (χ4v) is 0. The Bertz CT molecular complexity index is 207. The summed E-state index contributed by atoms with van der Waals surface area (Å²) in [5.74, 6) is 0. The second-order valence-corrected chi connectivity index (χ2v) is 9.03. The molecule has 0 radical (unpaired) electrons. The quantitative estimate of drug-likeness (QED) is 0.212. The zero-order valence-electron chi connectivity index (χ0n) is 6.59. The van der Waals surface area contributed by atoms with Crippen molar-refractivity contribution in [3.8, 4) is 0 Å². The van der Waals surface area contributed by atoms with Crippen LogP contribution in [-0.4, -0.2) is 44.0 Å². The average Bonchev–Trinajstić information content (AvgIpc) is 1.41. The maximum absolute atomic E-state index is 7.56. The predicted octanol–water partition coefficient (Wildman–Crippen LogP) is -2.44. The van der Waals surface area contributed by atoms with Gasteiger partial charge in [0.05, 0.1) is 0 Å². The van der Waals surface area contributed by atoms with E-state index in [4.69, 9.17) is 44.0 Å². The molecule has 0 rings (SSSR count). The predicted molar refractivity (Wildman–Crippen MR) is 62.8 cm³/mol. The van der Waals surface area contributed by atoms with E-state index in [-0.39, 0.29) is 0 Å². The highest BCUT2D eigenvalue weighted by Gasteiger charge is 1.93. The minimum absolute atomic E-state index is 3.60. The Morgan fingerprint density at radius 2 is 0.400 bits per heavy atom. The van der Waals surface area contributed by atoms with Crippen molar-refractivity contribution in [1.82, 2.24) is 0 Å². The largest absolute Gasteiger partial charge is 0.325 e. The molecule has 0 saturated heterocycles. The van der Waals surface area contributed by atoms with Crippen LogP contribution < -0.4 is 0 Å². The first-order valence-corrected chi connectivity index (χ1v) is 10.3. The van der Waals surface area contributed by atoms with Crippen LogP contribution in [0.3, 0.4) is 0 Å². The molecular formula is H9O9P3S3. The minimum atomic E-state index is -3.81. The highest BCUT2D eigenvalue weighted by atomic mass is 32.5. The fraction of sp³-hybridized carbons (Fsp3) is 0. The molecule has 0 saturated carbocycles. The van der Waals surface area contributed by atoms with Crippen molar-refractivity contribution >= 4 is 55.6 Å². The SMILES string of the molecule is OP(O)(O)=S.OP(O)(O)=S.OP(O)(O)=S. The molecule has 0 unspecified atom stereocenters. The number of hydrogen-bond acceptors (Lipinski definition) is 3. The van der Waals surface area contributed by atoms with E-state index in [1.54, 1.807) is 0 Å². The molecule has 9 nitrogen and oxygen atoms in total. The summed E-state index contributed by atoms with van der Waals surface area (Å²) < 4.78 is 0. The van der Waals surface area contributed by atoms with Crippen LogP contribution in [0.4, 0.5) is 0 Å². The average molecular weight is 342 g/mol. The number of rotatable bonds is 0. The van der Waals surface area contributed by atoms with Crippen LogP contribution >= 0.6 is 20.2 Å². The van der Waals surface area contributed by atoms with Crippen LogP contribution in [0.2, 0.25) is 0 Å². The number of hydrogen-bond donors (Lipinski definition) is 9. The summed E-state index contributed by atoms with van der Waals surface area (Å²) in [5, 5.41) is 0. The van der Waals surface area contributed by atoms with Gasteiger partial charge in [0.25, 0.3) is 0 Å². The van der Waals surface area contributed by atoms with E-state index in [0.717, 1.165) is 0 Å². The van der Waals surface area contributed by atoms with Crippen LogP contribution in [0.25, 0.3) is 0 Å². The molecular weight excluding hydrogens is 333 g/mol. The maximum atomic E-state index is 7.56. The van der Waals surface area contributed by atoms with Crippen molar-refractivity contribution in [3.05, 3.63) is 0 Å². The van der Waals surface area contributed by atoms with E-state index in [1.807, 2.05) is 0 Å². The van der Waals surface area contributed by atoms with Crippen molar-refractivity contribution in [3.63, 3.8) is 0 Å². The molecule has 9 N–H and O–H groups in total. The standard InChI is InChI=1S/3H3O3PS/c3*1-4(2,3)5/h3*(H3,1,2,3,5). The fourth-order valence-electron chi connectivity index (χ4n) is 0. The van der Waals surface area contributed by atoms with Crippen molar-refractivity contribution in [2.24, 2.45) is 0 Å². The zero-order valence-corrected chi connectivity index (χ0v) is 11.7. The van der Waals surface area contributed by atoms with Gasteiger partial charge >= 0.3 is 20.2 Å². The van der Waals surface area contributed by atoms with Gasteiger partial charge in [-0.05, 0) is 35.4 Å². The molecule has 0 heterocycles. The van der Waals surface area contributed by atoms with Gasteiger partial charge in [0.1, 0.15) is 0 Å². The molecule has 0 atom stereocenters. The minimum Gasteiger partial charge on any atom is -0.325 e. The molecule has 0 fully saturated rings. The molecule has 0 aromatic heterocycles. The molecule has 0 spiro atoms. The van der Waals surface area contributed by atoms with Gasteiger partial charge in [0.15, 0.2) is 0 Å². The van der Waals surface area contributed by atoms with Crippen molar-refractivity contribution < 1.29 is 44.0 Å². The summed E-state index contributed by atoms with van der Waals surface area (Å²) in [4.78, 5) is 68.0. The molecule has 96 valence electrons.